The number of benzene rings is 2. The molecule has 0 aromatic heterocycles. The molecule has 0 atom stereocenters. The first-order chi connectivity index (χ1) is 12.3. The van der Waals surface area contributed by atoms with Crippen molar-refractivity contribution in [2.45, 2.75) is 13.5 Å². The fraction of sp³-hybridized carbons (Fsp3) is 0.167. The lowest BCUT2D eigenvalue weighted by molar-refractivity contribution is -0.114. The van der Waals surface area contributed by atoms with Crippen molar-refractivity contribution in [3.8, 4) is 5.75 Å². The molecule has 136 valence electrons. The maximum absolute atomic E-state index is 12.1. The van der Waals surface area contributed by atoms with E-state index in [1.165, 1.54) is 43.3 Å². The molecule has 2 rings (SSSR count). The summed E-state index contributed by atoms with van der Waals surface area (Å²) in [5, 5.41) is 2.53. The number of carbonyl (C=O) groups excluding carboxylic acids is 3. The molecule has 8 heteroatoms. The molecule has 26 heavy (non-hydrogen) atoms. The summed E-state index contributed by atoms with van der Waals surface area (Å²) in [6, 6.07) is 11.1. The third kappa shape index (κ3) is 5.66. The van der Waals surface area contributed by atoms with Gasteiger partial charge in [-0.25, -0.2) is 4.79 Å². The Hall–Kier alpha value is -3.29. The standard InChI is InChI=1S/C18H15F2NO5/c1-11(22)21-14-4-2-3-13(9-14)17(24)25-10-16(23)12-5-7-15(8-6-12)26-18(19)20/h2-9,18H,10H2,1H3,(H,21,22). The van der Waals surface area contributed by atoms with Crippen LogP contribution >= 0.6 is 0 Å². The number of anilines is 1. The van der Waals surface area contributed by atoms with Gasteiger partial charge in [0.05, 0.1) is 5.56 Å². The Bertz CT molecular complexity index is 805. The van der Waals surface area contributed by atoms with Crippen molar-refractivity contribution < 1.29 is 32.6 Å². The number of hydrogen-bond donors (Lipinski definition) is 1. The number of amides is 1. The number of ketones is 1. The van der Waals surface area contributed by atoms with E-state index in [0.717, 1.165) is 0 Å². The van der Waals surface area contributed by atoms with Gasteiger partial charge in [-0.15, -0.1) is 0 Å². The van der Waals surface area contributed by atoms with Crippen molar-refractivity contribution in [1.82, 2.24) is 0 Å². The highest BCUT2D eigenvalue weighted by atomic mass is 19.3. The summed E-state index contributed by atoms with van der Waals surface area (Å²) in [4.78, 5) is 35.0. The van der Waals surface area contributed by atoms with Crippen LogP contribution in [0.15, 0.2) is 48.5 Å². The maximum Gasteiger partial charge on any atom is 0.387 e. The molecule has 0 saturated heterocycles. The van der Waals surface area contributed by atoms with Gasteiger partial charge < -0.3 is 14.8 Å². The average molecular weight is 363 g/mol. The van der Waals surface area contributed by atoms with Gasteiger partial charge in [-0.05, 0) is 42.5 Å². The second kappa shape index (κ2) is 8.70. The van der Waals surface area contributed by atoms with Crippen molar-refractivity contribution in [2.75, 3.05) is 11.9 Å². The Morgan fingerprint density at radius 1 is 1.04 bits per heavy atom. The first-order valence-corrected chi connectivity index (χ1v) is 7.48. The predicted octanol–water partition coefficient (Wildman–Crippen LogP) is 3.29. The number of rotatable bonds is 7. The highest BCUT2D eigenvalue weighted by molar-refractivity contribution is 5.99. The Morgan fingerprint density at radius 2 is 1.73 bits per heavy atom. The largest absolute Gasteiger partial charge is 0.454 e. The van der Waals surface area contributed by atoms with E-state index in [4.69, 9.17) is 4.74 Å². The molecule has 6 nitrogen and oxygen atoms in total. The van der Waals surface area contributed by atoms with Gasteiger partial charge in [0.1, 0.15) is 5.75 Å². The Balaban J connectivity index is 1.94. The van der Waals surface area contributed by atoms with E-state index in [9.17, 15) is 23.2 Å². The average Bonchev–Trinajstić information content (AvgIpc) is 2.59. The Kier molecular flexibility index (Phi) is 6.37. The van der Waals surface area contributed by atoms with E-state index in [2.05, 4.69) is 10.1 Å². The maximum atomic E-state index is 12.1. The molecule has 1 amide bonds. The number of Topliss-reactive ketones (excluding diaryl/α,β-unsaturated/α-hetero) is 1. The molecule has 0 saturated carbocycles. The molecule has 0 unspecified atom stereocenters. The summed E-state index contributed by atoms with van der Waals surface area (Å²) in [6.07, 6.45) is 0. The number of alkyl halides is 2. The van der Waals surface area contributed by atoms with Crippen LogP contribution in [0.3, 0.4) is 0 Å². The van der Waals surface area contributed by atoms with Gasteiger partial charge in [0, 0.05) is 18.2 Å². The molecule has 2 aromatic rings. The van der Waals surface area contributed by atoms with Crippen molar-refractivity contribution >= 4 is 23.3 Å². The van der Waals surface area contributed by atoms with Gasteiger partial charge in [0.2, 0.25) is 5.91 Å². The number of nitrogens with one attached hydrogen (secondary N) is 1. The zero-order chi connectivity index (χ0) is 19.1. The van der Waals surface area contributed by atoms with Crippen LogP contribution in [-0.2, 0) is 9.53 Å². The van der Waals surface area contributed by atoms with Gasteiger partial charge in [-0.2, -0.15) is 8.78 Å². The number of hydrogen-bond acceptors (Lipinski definition) is 5. The lowest BCUT2D eigenvalue weighted by Gasteiger charge is -2.07. The lowest BCUT2D eigenvalue weighted by Crippen LogP contribution is -2.15. The lowest BCUT2D eigenvalue weighted by atomic mass is 10.1. The number of carbonyl (C=O) groups is 3. The van der Waals surface area contributed by atoms with E-state index in [-0.39, 0.29) is 22.8 Å². The molecule has 1 N–H and O–H groups in total. The van der Waals surface area contributed by atoms with Gasteiger partial charge in [-0.3, -0.25) is 9.59 Å². The summed E-state index contributed by atoms with van der Waals surface area (Å²) in [5.41, 5.74) is 0.782. The minimum Gasteiger partial charge on any atom is -0.454 e. The van der Waals surface area contributed by atoms with Crippen molar-refractivity contribution in [3.63, 3.8) is 0 Å². The molecule has 0 fully saturated rings. The molecule has 0 aliphatic rings. The van der Waals surface area contributed by atoms with Gasteiger partial charge in [-0.1, -0.05) is 6.07 Å². The zero-order valence-corrected chi connectivity index (χ0v) is 13.7. The molecular formula is C18H15F2NO5. The summed E-state index contributed by atoms with van der Waals surface area (Å²) in [6.45, 7) is -2.13. The molecule has 0 spiro atoms. The first-order valence-electron chi connectivity index (χ1n) is 7.48. The minimum absolute atomic E-state index is 0.0802. The fourth-order valence-electron chi connectivity index (χ4n) is 2.05. The van der Waals surface area contributed by atoms with E-state index < -0.39 is 25.0 Å². The van der Waals surface area contributed by atoms with Gasteiger partial charge >= 0.3 is 12.6 Å². The Labute approximate surface area is 147 Å². The van der Waals surface area contributed by atoms with Crippen LogP contribution in [0.25, 0.3) is 0 Å². The van der Waals surface area contributed by atoms with Gasteiger partial charge in [0.25, 0.3) is 0 Å². The summed E-state index contributed by atoms with van der Waals surface area (Å²) >= 11 is 0. The smallest absolute Gasteiger partial charge is 0.387 e. The van der Waals surface area contributed by atoms with E-state index in [1.807, 2.05) is 0 Å². The van der Waals surface area contributed by atoms with Crippen LogP contribution in [0.5, 0.6) is 5.75 Å². The molecule has 0 aliphatic heterocycles. The molecule has 2 aromatic carbocycles. The SMILES string of the molecule is CC(=O)Nc1cccc(C(=O)OCC(=O)c2ccc(OC(F)F)cc2)c1. The predicted molar refractivity (Wildman–Crippen MR) is 88.4 cm³/mol. The van der Waals surface area contributed by atoms with Crippen molar-refractivity contribution in [1.29, 1.82) is 0 Å². The molecule has 0 heterocycles. The first kappa shape index (κ1) is 19.0. The topological polar surface area (TPSA) is 81.7 Å². The highest BCUT2D eigenvalue weighted by Crippen LogP contribution is 2.16. The summed E-state index contributed by atoms with van der Waals surface area (Å²) in [7, 11) is 0. The zero-order valence-electron chi connectivity index (χ0n) is 13.7. The van der Waals surface area contributed by atoms with E-state index in [0.29, 0.717) is 5.69 Å². The van der Waals surface area contributed by atoms with Crippen LogP contribution in [-0.4, -0.2) is 30.9 Å². The van der Waals surface area contributed by atoms with E-state index in [1.54, 1.807) is 12.1 Å². The van der Waals surface area contributed by atoms with Crippen LogP contribution in [0.1, 0.15) is 27.6 Å². The second-order valence-corrected chi connectivity index (χ2v) is 5.16. The van der Waals surface area contributed by atoms with Crippen LogP contribution in [0, 0.1) is 0 Å². The van der Waals surface area contributed by atoms with Crippen LogP contribution < -0.4 is 10.1 Å². The molecule has 0 radical (unpaired) electrons. The summed E-state index contributed by atoms with van der Waals surface area (Å²) in [5.74, 6) is -1.60. The highest BCUT2D eigenvalue weighted by Gasteiger charge is 2.13. The number of esters is 1. The minimum atomic E-state index is -2.95. The van der Waals surface area contributed by atoms with Crippen molar-refractivity contribution in [2.24, 2.45) is 0 Å². The van der Waals surface area contributed by atoms with Gasteiger partial charge in [0.15, 0.2) is 12.4 Å². The van der Waals surface area contributed by atoms with Crippen LogP contribution in [0.4, 0.5) is 14.5 Å². The van der Waals surface area contributed by atoms with Crippen molar-refractivity contribution in [3.05, 3.63) is 59.7 Å². The van der Waals surface area contributed by atoms with E-state index >= 15 is 0 Å². The normalized spacial score (nSPS) is 10.3. The molecular weight excluding hydrogens is 348 g/mol. The number of ether oxygens (including phenoxy) is 2. The quantitative estimate of drug-likeness (QED) is 0.603. The molecule has 0 aliphatic carbocycles. The second-order valence-electron chi connectivity index (χ2n) is 5.16. The monoisotopic (exact) mass is 363 g/mol. The molecule has 0 bridgehead atoms. The number of halogens is 2. The Morgan fingerprint density at radius 3 is 2.35 bits per heavy atom. The third-order valence-electron chi connectivity index (χ3n) is 3.15. The third-order valence-corrected chi connectivity index (χ3v) is 3.15. The fourth-order valence-corrected chi connectivity index (χ4v) is 2.05. The summed E-state index contributed by atoms with van der Waals surface area (Å²) < 4.78 is 33.3. The van der Waals surface area contributed by atoms with Crippen LogP contribution in [0.2, 0.25) is 0 Å².